The summed E-state index contributed by atoms with van der Waals surface area (Å²) in [7, 11) is 1.36. The van der Waals surface area contributed by atoms with E-state index in [-0.39, 0.29) is 30.1 Å². The first-order valence-corrected chi connectivity index (χ1v) is 9.24. The van der Waals surface area contributed by atoms with Gasteiger partial charge in [-0.25, -0.2) is 4.79 Å². The van der Waals surface area contributed by atoms with Gasteiger partial charge in [-0.2, -0.15) is 0 Å². The molecule has 0 bridgehead atoms. The number of carbonyl (C=O) groups is 2. The van der Waals surface area contributed by atoms with Crippen molar-refractivity contribution in [2.75, 3.05) is 13.7 Å². The normalized spacial score (nSPS) is 24.1. The van der Waals surface area contributed by atoms with Gasteiger partial charge in [-0.3, -0.25) is 4.79 Å². The molecule has 1 aromatic carbocycles. The van der Waals surface area contributed by atoms with Crippen LogP contribution < -0.4 is 4.74 Å². The van der Waals surface area contributed by atoms with E-state index in [1.807, 2.05) is 13.0 Å². The number of allylic oxidation sites excluding steroid dienone is 3. The highest BCUT2D eigenvalue weighted by molar-refractivity contribution is 6.07. The van der Waals surface area contributed by atoms with Crippen molar-refractivity contribution in [3.63, 3.8) is 0 Å². The Labute approximate surface area is 168 Å². The number of aliphatic hydroxyl groups excluding tert-OH is 1. The third-order valence-corrected chi connectivity index (χ3v) is 5.21. The van der Waals surface area contributed by atoms with E-state index in [0.717, 1.165) is 0 Å². The molecule has 7 nitrogen and oxygen atoms in total. The zero-order valence-corrected chi connectivity index (χ0v) is 16.8. The molecule has 0 radical (unpaired) electrons. The molecule has 2 aliphatic rings. The number of esters is 1. The maximum absolute atomic E-state index is 13.1. The van der Waals surface area contributed by atoms with Crippen molar-refractivity contribution in [2.45, 2.75) is 38.9 Å². The van der Waals surface area contributed by atoms with Crippen molar-refractivity contribution in [3.05, 3.63) is 58.4 Å². The average molecular weight is 400 g/mol. The number of rotatable bonds is 4. The fourth-order valence-corrected chi connectivity index (χ4v) is 3.57. The van der Waals surface area contributed by atoms with Gasteiger partial charge in [0.15, 0.2) is 5.60 Å². The minimum absolute atomic E-state index is 0.0474. The molecule has 1 heterocycles. The van der Waals surface area contributed by atoms with Crippen molar-refractivity contribution in [2.24, 2.45) is 0 Å². The fraction of sp³-hybridized carbons (Fsp3) is 0.364. The van der Waals surface area contributed by atoms with Crippen molar-refractivity contribution < 1.29 is 34.0 Å². The van der Waals surface area contributed by atoms with Crippen LogP contribution >= 0.6 is 0 Å². The van der Waals surface area contributed by atoms with Crippen LogP contribution in [0.25, 0.3) is 0 Å². The Bertz CT molecular complexity index is 954. The second-order valence-electron chi connectivity index (χ2n) is 7.22. The fourth-order valence-electron chi connectivity index (χ4n) is 3.57. The van der Waals surface area contributed by atoms with E-state index in [1.54, 1.807) is 19.1 Å². The van der Waals surface area contributed by atoms with Gasteiger partial charge in [-0.15, -0.1) is 0 Å². The number of Topliss-reactive ketones (excluding diaryl/α,β-unsaturated/α-hetero) is 1. The number of hydrogen-bond acceptors (Lipinski definition) is 7. The summed E-state index contributed by atoms with van der Waals surface area (Å²) in [5.74, 6) is -0.648. The van der Waals surface area contributed by atoms with Crippen LogP contribution in [-0.4, -0.2) is 47.4 Å². The lowest BCUT2D eigenvalue weighted by atomic mass is 9.77. The maximum Gasteiger partial charge on any atom is 0.343 e. The quantitative estimate of drug-likeness (QED) is 0.749. The Balaban J connectivity index is 1.94. The molecule has 0 amide bonds. The number of ketones is 1. The van der Waals surface area contributed by atoms with Crippen LogP contribution in [0.4, 0.5) is 0 Å². The van der Waals surface area contributed by atoms with Crippen LogP contribution in [-0.2, 0) is 14.3 Å². The van der Waals surface area contributed by atoms with Crippen molar-refractivity contribution in [1.29, 1.82) is 0 Å². The van der Waals surface area contributed by atoms with Gasteiger partial charge in [-0.05, 0) is 50.1 Å². The number of aliphatic hydroxyl groups is 1. The monoisotopic (exact) mass is 400 g/mol. The minimum atomic E-state index is -1.76. The lowest BCUT2D eigenvalue weighted by Gasteiger charge is -2.39. The number of methoxy groups -OCH3 is 1. The van der Waals surface area contributed by atoms with Gasteiger partial charge in [0.05, 0.1) is 7.11 Å². The highest BCUT2D eigenvalue weighted by Gasteiger charge is 2.50. The van der Waals surface area contributed by atoms with Crippen molar-refractivity contribution in [3.8, 4) is 11.5 Å². The number of hydrogen-bond donors (Lipinski definition) is 2. The van der Waals surface area contributed by atoms with Crippen LogP contribution in [0.2, 0.25) is 0 Å². The molecule has 1 aliphatic carbocycles. The van der Waals surface area contributed by atoms with Gasteiger partial charge in [0.2, 0.25) is 5.78 Å². The summed E-state index contributed by atoms with van der Waals surface area (Å²) in [6, 6.07) is 2.68. The average Bonchev–Trinajstić information content (AvgIpc) is 2.66. The zero-order valence-electron chi connectivity index (χ0n) is 16.8. The molecule has 2 atom stereocenters. The second kappa shape index (κ2) is 7.75. The van der Waals surface area contributed by atoms with Gasteiger partial charge < -0.3 is 24.4 Å². The molecular formula is C22H24O7. The summed E-state index contributed by atoms with van der Waals surface area (Å²) in [5, 5.41) is 20.4. The number of phenols is 1. The molecule has 0 spiro atoms. The Morgan fingerprint density at radius 3 is 2.76 bits per heavy atom. The number of ether oxygens (including phenoxy) is 3. The van der Waals surface area contributed by atoms with Crippen LogP contribution in [0, 0.1) is 6.92 Å². The summed E-state index contributed by atoms with van der Waals surface area (Å²) in [4.78, 5) is 26.0. The van der Waals surface area contributed by atoms with Crippen LogP contribution in [0.5, 0.6) is 11.5 Å². The number of aryl methyl sites for hydroxylation is 1. The van der Waals surface area contributed by atoms with E-state index < -0.39 is 23.5 Å². The molecule has 7 heteroatoms. The molecule has 0 saturated carbocycles. The summed E-state index contributed by atoms with van der Waals surface area (Å²) in [6.45, 7) is 4.91. The van der Waals surface area contributed by atoms with Crippen LogP contribution in [0.1, 0.15) is 36.2 Å². The Kier molecular flexibility index (Phi) is 5.53. The molecule has 0 aromatic heterocycles. The van der Waals surface area contributed by atoms with E-state index >= 15 is 0 Å². The van der Waals surface area contributed by atoms with Gasteiger partial charge in [0.1, 0.15) is 35.5 Å². The standard InChI is InChI=1S/C22H24O7/c1-5-6-15-8-13-9-18(24)22(3,20(25)16(13)11-28-15)29-21(26)19-12(2)7-14(23)10-17(19)27-4/h5-8,10,18,23-24H,9,11H2,1-4H3/b6-5+/t18-,22+/m0/s1. The molecule has 1 aliphatic heterocycles. The van der Waals surface area contributed by atoms with Crippen molar-refractivity contribution in [1.82, 2.24) is 0 Å². The predicted molar refractivity (Wildman–Crippen MR) is 105 cm³/mol. The minimum Gasteiger partial charge on any atom is -0.508 e. The zero-order chi connectivity index (χ0) is 21.3. The first-order chi connectivity index (χ1) is 13.7. The first kappa shape index (κ1) is 20.7. The Morgan fingerprint density at radius 1 is 1.38 bits per heavy atom. The predicted octanol–water partition coefficient (Wildman–Crippen LogP) is 2.75. The molecule has 1 aromatic rings. The van der Waals surface area contributed by atoms with Gasteiger partial charge in [0, 0.05) is 18.1 Å². The molecule has 3 rings (SSSR count). The van der Waals surface area contributed by atoms with E-state index in [2.05, 4.69) is 0 Å². The molecule has 29 heavy (non-hydrogen) atoms. The summed E-state index contributed by atoms with van der Waals surface area (Å²) in [5.41, 5.74) is -0.197. The molecule has 2 N–H and O–H groups in total. The number of phenolic OH excluding ortho intramolecular Hbond substituents is 1. The van der Waals surface area contributed by atoms with E-state index in [0.29, 0.717) is 22.5 Å². The highest BCUT2D eigenvalue weighted by Crippen LogP contribution is 2.38. The van der Waals surface area contributed by atoms with E-state index in [4.69, 9.17) is 14.2 Å². The third-order valence-electron chi connectivity index (χ3n) is 5.21. The van der Waals surface area contributed by atoms with Gasteiger partial charge in [0.25, 0.3) is 0 Å². The summed E-state index contributed by atoms with van der Waals surface area (Å²) >= 11 is 0. The van der Waals surface area contributed by atoms with Crippen LogP contribution in [0.3, 0.4) is 0 Å². The SMILES string of the molecule is C/C=C/C1=CC2=C(CO1)C(=O)[C@](C)(OC(=O)c1c(C)cc(O)cc1OC)[C@@H](O)C2. The smallest absolute Gasteiger partial charge is 0.343 e. The lowest BCUT2D eigenvalue weighted by molar-refractivity contribution is -0.147. The van der Waals surface area contributed by atoms with Crippen LogP contribution in [0.15, 0.2) is 47.3 Å². The maximum atomic E-state index is 13.1. The van der Waals surface area contributed by atoms with Gasteiger partial charge in [-0.1, -0.05) is 6.08 Å². The topological polar surface area (TPSA) is 102 Å². The molecule has 154 valence electrons. The Morgan fingerprint density at radius 2 is 2.10 bits per heavy atom. The summed E-state index contributed by atoms with van der Waals surface area (Å²) < 4.78 is 16.3. The Hall–Kier alpha value is -3.06. The number of benzene rings is 1. The second-order valence-corrected chi connectivity index (χ2v) is 7.22. The number of carbonyl (C=O) groups excluding carboxylic acids is 2. The molecule has 0 fully saturated rings. The third kappa shape index (κ3) is 3.65. The summed E-state index contributed by atoms with van der Waals surface area (Å²) in [6.07, 6.45) is 4.24. The molecular weight excluding hydrogens is 376 g/mol. The van der Waals surface area contributed by atoms with Gasteiger partial charge >= 0.3 is 5.97 Å². The van der Waals surface area contributed by atoms with Crippen molar-refractivity contribution >= 4 is 11.8 Å². The molecule has 0 unspecified atom stereocenters. The van der Waals surface area contributed by atoms with E-state index in [9.17, 15) is 19.8 Å². The largest absolute Gasteiger partial charge is 0.508 e. The number of aromatic hydroxyl groups is 1. The first-order valence-electron chi connectivity index (χ1n) is 9.24. The highest BCUT2D eigenvalue weighted by atomic mass is 16.6. The lowest BCUT2D eigenvalue weighted by Crippen LogP contribution is -2.54. The van der Waals surface area contributed by atoms with E-state index in [1.165, 1.54) is 26.2 Å². The molecule has 0 saturated heterocycles.